The van der Waals surface area contributed by atoms with Crippen molar-refractivity contribution in [2.75, 3.05) is 13.7 Å². The van der Waals surface area contributed by atoms with E-state index in [1.165, 1.54) is 0 Å². The molecule has 0 spiro atoms. The Morgan fingerprint density at radius 3 is 2.41 bits per heavy atom. The number of ether oxygens (including phenoxy) is 1. The molecular formula is C17H24N2O3. The molecule has 0 saturated heterocycles. The van der Waals surface area contributed by atoms with E-state index < -0.39 is 0 Å². The number of rotatable bonds is 5. The second-order valence-corrected chi connectivity index (χ2v) is 6.53. The zero-order chi connectivity index (χ0) is 16.4. The van der Waals surface area contributed by atoms with Crippen LogP contribution in [0.2, 0.25) is 0 Å². The van der Waals surface area contributed by atoms with Crippen molar-refractivity contribution >= 4 is 11.8 Å². The first-order valence-corrected chi connectivity index (χ1v) is 7.48. The number of methoxy groups -OCH3 is 1. The normalized spacial score (nSPS) is 25.9. The summed E-state index contributed by atoms with van der Waals surface area (Å²) in [6, 6.07) is 8.90. The van der Waals surface area contributed by atoms with Crippen LogP contribution in [-0.4, -0.2) is 37.1 Å². The van der Waals surface area contributed by atoms with Crippen molar-refractivity contribution in [1.29, 1.82) is 0 Å². The minimum absolute atomic E-state index is 0.0238. The summed E-state index contributed by atoms with van der Waals surface area (Å²) >= 11 is 0. The van der Waals surface area contributed by atoms with Gasteiger partial charge in [-0.15, -0.1) is 0 Å². The van der Waals surface area contributed by atoms with E-state index in [0.717, 1.165) is 6.42 Å². The van der Waals surface area contributed by atoms with Crippen molar-refractivity contribution < 1.29 is 14.3 Å². The van der Waals surface area contributed by atoms with E-state index in [1.807, 2.05) is 13.0 Å². The fraction of sp³-hybridized carbons (Fsp3) is 0.529. The lowest BCUT2D eigenvalue weighted by atomic mass is 9.56. The first-order valence-electron chi connectivity index (χ1n) is 7.48. The third kappa shape index (κ3) is 2.99. The quantitative estimate of drug-likeness (QED) is 0.870. The fourth-order valence-electron chi connectivity index (χ4n) is 2.82. The van der Waals surface area contributed by atoms with Gasteiger partial charge in [0.25, 0.3) is 5.91 Å². The van der Waals surface area contributed by atoms with Gasteiger partial charge in [-0.1, -0.05) is 32.0 Å². The highest BCUT2D eigenvalue weighted by Gasteiger charge is 2.58. The Bertz CT molecular complexity index is 556. The van der Waals surface area contributed by atoms with Gasteiger partial charge in [0.2, 0.25) is 5.91 Å². The Morgan fingerprint density at radius 2 is 1.86 bits per heavy atom. The molecule has 5 nitrogen and oxygen atoms in total. The molecule has 2 unspecified atom stereocenters. The number of benzene rings is 1. The molecule has 0 heterocycles. The number of hydrogen-bond acceptors (Lipinski definition) is 3. The molecule has 2 N–H and O–H groups in total. The molecule has 0 bridgehead atoms. The summed E-state index contributed by atoms with van der Waals surface area (Å²) in [4.78, 5) is 23.9. The summed E-state index contributed by atoms with van der Waals surface area (Å²) < 4.78 is 5.54. The molecule has 0 radical (unpaired) electrons. The first kappa shape index (κ1) is 16.5. The molecule has 5 heteroatoms. The molecular weight excluding hydrogens is 280 g/mol. The summed E-state index contributed by atoms with van der Waals surface area (Å²) in [5.41, 5.74) is 0.185. The topological polar surface area (TPSA) is 67.4 Å². The molecule has 1 aromatic rings. The van der Waals surface area contributed by atoms with Crippen LogP contribution in [-0.2, 0) is 9.53 Å². The van der Waals surface area contributed by atoms with Crippen LogP contribution in [0.1, 0.15) is 37.6 Å². The maximum atomic E-state index is 12.0. The smallest absolute Gasteiger partial charge is 0.251 e. The van der Waals surface area contributed by atoms with Crippen LogP contribution in [0.4, 0.5) is 0 Å². The van der Waals surface area contributed by atoms with E-state index in [0.29, 0.717) is 5.56 Å². The van der Waals surface area contributed by atoms with Crippen LogP contribution >= 0.6 is 0 Å². The lowest BCUT2D eigenvalue weighted by molar-refractivity contribution is -0.182. The monoisotopic (exact) mass is 304 g/mol. The van der Waals surface area contributed by atoms with Gasteiger partial charge >= 0.3 is 0 Å². The number of carbonyl (C=O) groups excluding carboxylic acids is 2. The van der Waals surface area contributed by atoms with Crippen LogP contribution < -0.4 is 10.6 Å². The van der Waals surface area contributed by atoms with Crippen LogP contribution in [0.15, 0.2) is 30.3 Å². The number of nitrogens with one attached hydrogen (secondary N) is 2. The van der Waals surface area contributed by atoms with Gasteiger partial charge in [-0.05, 0) is 25.5 Å². The predicted molar refractivity (Wildman–Crippen MR) is 84.5 cm³/mol. The Balaban J connectivity index is 1.81. The Morgan fingerprint density at radius 1 is 1.23 bits per heavy atom. The molecule has 1 saturated carbocycles. The van der Waals surface area contributed by atoms with Crippen molar-refractivity contribution in [3.05, 3.63) is 35.9 Å². The second-order valence-electron chi connectivity index (χ2n) is 6.53. The van der Waals surface area contributed by atoms with Gasteiger partial charge in [0.05, 0.1) is 12.1 Å². The largest absolute Gasteiger partial charge is 0.378 e. The van der Waals surface area contributed by atoms with Gasteiger partial charge in [0.1, 0.15) is 0 Å². The summed E-state index contributed by atoms with van der Waals surface area (Å²) in [6.07, 6.45) is 0.773. The SMILES string of the molecule is COC1(C)CC(NC(=O)CNC(=O)c2ccccc2)C1(C)C. The standard InChI is InChI=1S/C17H24N2O3/c1-16(2)13(10-17(16,3)22-4)19-14(20)11-18-15(21)12-8-6-5-7-9-12/h5-9,13H,10-11H2,1-4H3,(H,18,21)(H,19,20). The molecule has 2 amide bonds. The molecule has 1 aromatic carbocycles. The van der Waals surface area contributed by atoms with E-state index >= 15 is 0 Å². The molecule has 1 aliphatic rings. The maximum absolute atomic E-state index is 12.0. The van der Waals surface area contributed by atoms with Gasteiger partial charge in [0.15, 0.2) is 0 Å². The molecule has 1 aliphatic carbocycles. The Hall–Kier alpha value is -1.88. The second kappa shape index (κ2) is 6.08. The number of amides is 2. The molecule has 2 rings (SSSR count). The zero-order valence-corrected chi connectivity index (χ0v) is 13.6. The zero-order valence-electron chi connectivity index (χ0n) is 13.6. The van der Waals surface area contributed by atoms with Crippen molar-refractivity contribution in [1.82, 2.24) is 10.6 Å². The van der Waals surface area contributed by atoms with Gasteiger partial charge in [-0.2, -0.15) is 0 Å². The van der Waals surface area contributed by atoms with E-state index in [4.69, 9.17) is 4.74 Å². The molecule has 22 heavy (non-hydrogen) atoms. The van der Waals surface area contributed by atoms with Crippen molar-refractivity contribution in [3.63, 3.8) is 0 Å². The maximum Gasteiger partial charge on any atom is 0.251 e. The van der Waals surface area contributed by atoms with Gasteiger partial charge in [-0.3, -0.25) is 9.59 Å². The van der Waals surface area contributed by atoms with Gasteiger partial charge in [0, 0.05) is 24.1 Å². The van der Waals surface area contributed by atoms with Gasteiger partial charge < -0.3 is 15.4 Å². The predicted octanol–water partition coefficient (Wildman–Crippen LogP) is 1.74. The minimum atomic E-state index is -0.245. The first-order chi connectivity index (χ1) is 10.3. The van der Waals surface area contributed by atoms with Crippen LogP contribution in [0.5, 0.6) is 0 Å². The summed E-state index contributed by atoms with van der Waals surface area (Å²) in [7, 11) is 1.69. The average Bonchev–Trinajstić information content (AvgIpc) is 2.52. The summed E-state index contributed by atoms with van der Waals surface area (Å²) in [5.74, 6) is -0.425. The molecule has 2 atom stereocenters. The summed E-state index contributed by atoms with van der Waals surface area (Å²) in [5, 5.41) is 5.60. The lowest BCUT2D eigenvalue weighted by Gasteiger charge is -2.59. The third-order valence-corrected chi connectivity index (χ3v) is 5.06. The lowest BCUT2D eigenvalue weighted by Crippen LogP contribution is -2.69. The van der Waals surface area contributed by atoms with E-state index in [1.54, 1.807) is 31.4 Å². The fourth-order valence-corrected chi connectivity index (χ4v) is 2.82. The van der Waals surface area contributed by atoms with E-state index in [-0.39, 0.29) is 35.4 Å². The molecule has 0 aliphatic heterocycles. The third-order valence-electron chi connectivity index (χ3n) is 5.06. The van der Waals surface area contributed by atoms with Crippen molar-refractivity contribution in [2.45, 2.75) is 38.8 Å². The molecule has 0 aromatic heterocycles. The molecule has 120 valence electrons. The van der Waals surface area contributed by atoms with Gasteiger partial charge in [-0.25, -0.2) is 0 Å². The van der Waals surface area contributed by atoms with Crippen LogP contribution in [0.3, 0.4) is 0 Å². The minimum Gasteiger partial charge on any atom is -0.378 e. The highest BCUT2D eigenvalue weighted by atomic mass is 16.5. The number of hydrogen-bond donors (Lipinski definition) is 2. The summed E-state index contributed by atoms with van der Waals surface area (Å²) in [6.45, 7) is 6.18. The highest BCUT2D eigenvalue weighted by Crippen LogP contribution is 2.51. The number of carbonyl (C=O) groups is 2. The van der Waals surface area contributed by atoms with Crippen LogP contribution in [0, 0.1) is 5.41 Å². The average molecular weight is 304 g/mol. The van der Waals surface area contributed by atoms with E-state index in [9.17, 15) is 9.59 Å². The highest BCUT2D eigenvalue weighted by molar-refractivity contribution is 5.96. The Labute approximate surface area is 131 Å². The van der Waals surface area contributed by atoms with E-state index in [2.05, 4.69) is 24.5 Å². The van der Waals surface area contributed by atoms with Crippen molar-refractivity contribution in [3.8, 4) is 0 Å². The van der Waals surface area contributed by atoms with Crippen molar-refractivity contribution in [2.24, 2.45) is 5.41 Å². The Kier molecular flexibility index (Phi) is 4.56. The van der Waals surface area contributed by atoms with Crippen LogP contribution in [0.25, 0.3) is 0 Å². The molecule has 1 fully saturated rings.